The van der Waals surface area contributed by atoms with Crippen molar-refractivity contribution >= 4 is 11.3 Å². The number of hydrogen-bond donors (Lipinski definition) is 1. The molecule has 0 aliphatic carbocycles. The number of thiazole rings is 1. The first-order chi connectivity index (χ1) is 12.2. The molecule has 3 aromatic heterocycles. The first kappa shape index (κ1) is 16.4. The lowest BCUT2D eigenvalue weighted by atomic mass is 9.93. The number of imidazole rings is 1. The summed E-state index contributed by atoms with van der Waals surface area (Å²) in [5, 5.41) is 0. The quantitative estimate of drug-likeness (QED) is 0.778. The van der Waals surface area contributed by atoms with E-state index in [0.717, 1.165) is 55.4 Å². The molecule has 0 saturated carbocycles. The van der Waals surface area contributed by atoms with Crippen LogP contribution in [0.3, 0.4) is 0 Å². The number of aromatic nitrogens is 5. The fourth-order valence-electron chi connectivity index (χ4n) is 3.30. The third-order valence-electron chi connectivity index (χ3n) is 4.82. The summed E-state index contributed by atoms with van der Waals surface area (Å²) in [6.45, 7) is 7.28. The molecule has 1 aliphatic heterocycles. The Hall–Kier alpha value is -2.12. The van der Waals surface area contributed by atoms with Crippen LogP contribution in [0.1, 0.15) is 40.7 Å². The van der Waals surface area contributed by atoms with E-state index in [-0.39, 0.29) is 0 Å². The van der Waals surface area contributed by atoms with Crippen LogP contribution in [-0.2, 0) is 6.54 Å². The van der Waals surface area contributed by atoms with Gasteiger partial charge in [-0.25, -0.2) is 15.0 Å². The summed E-state index contributed by atoms with van der Waals surface area (Å²) in [5.74, 6) is 1.27. The highest BCUT2D eigenvalue weighted by Crippen LogP contribution is 2.28. The van der Waals surface area contributed by atoms with E-state index in [4.69, 9.17) is 4.98 Å². The molecule has 1 saturated heterocycles. The summed E-state index contributed by atoms with van der Waals surface area (Å²) in [6.07, 6.45) is 7.75. The van der Waals surface area contributed by atoms with E-state index in [9.17, 15) is 0 Å². The average molecular weight is 354 g/mol. The van der Waals surface area contributed by atoms with E-state index in [1.807, 2.05) is 24.8 Å². The number of likely N-dealkylation sites (tertiary alicyclic amines) is 1. The first-order valence-corrected chi connectivity index (χ1v) is 9.52. The molecule has 0 unspecified atom stereocenters. The van der Waals surface area contributed by atoms with E-state index in [1.54, 1.807) is 17.5 Å². The van der Waals surface area contributed by atoms with Crippen LogP contribution in [-0.4, -0.2) is 42.9 Å². The van der Waals surface area contributed by atoms with Crippen molar-refractivity contribution in [2.24, 2.45) is 0 Å². The van der Waals surface area contributed by atoms with Crippen LogP contribution in [0.25, 0.3) is 11.5 Å². The van der Waals surface area contributed by atoms with E-state index < -0.39 is 0 Å². The number of nitrogens with one attached hydrogen (secondary N) is 1. The normalized spacial score (nSPS) is 16.4. The van der Waals surface area contributed by atoms with Gasteiger partial charge in [0, 0.05) is 35.4 Å². The molecule has 3 aromatic rings. The minimum absolute atomic E-state index is 0.474. The monoisotopic (exact) mass is 354 g/mol. The van der Waals surface area contributed by atoms with E-state index in [2.05, 4.69) is 31.8 Å². The van der Waals surface area contributed by atoms with Crippen molar-refractivity contribution in [3.05, 3.63) is 46.1 Å². The van der Waals surface area contributed by atoms with Gasteiger partial charge in [0.15, 0.2) is 5.82 Å². The van der Waals surface area contributed by atoms with Gasteiger partial charge in [0.05, 0.1) is 23.1 Å². The molecule has 1 N–H and O–H groups in total. The van der Waals surface area contributed by atoms with Gasteiger partial charge >= 0.3 is 0 Å². The summed E-state index contributed by atoms with van der Waals surface area (Å²) in [7, 11) is 0. The second-order valence-electron chi connectivity index (χ2n) is 6.66. The Morgan fingerprint density at radius 3 is 2.68 bits per heavy atom. The lowest BCUT2D eigenvalue weighted by molar-refractivity contribution is 0.204. The molecular formula is C18H22N6S. The largest absolute Gasteiger partial charge is 0.341 e. The molecule has 0 aromatic carbocycles. The van der Waals surface area contributed by atoms with Gasteiger partial charge in [-0.05, 0) is 39.8 Å². The molecule has 4 heterocycles. The van der Waals surface area contributed by atoms with Crippen LogP contribution in [0.4, 0.5) is 0 Å². The number of nitrogens with zero attached hydrogens (tertiary/aromatic N) is 5. The number of rotatable bonds is 4. The number of hydrogen-bond acceptors (Lipinski definition) is 6. The molecule has 7 heteroatoms. The lowest BCUT2D eigenvalue weighted by Gasteiger charge is -2.31. The van der Waals surface area contributed by atoms with Crippen LogP contribution in [0, 0.1) is 13.8 Å². The van der Waals surface area contributed by atoms with Gasteiger partial charge < -0.3 is 4.98 Å². The number of piperidine rings is 1. The van der Waals surface area contributed by atoms with Crippen molar-refractivity contribution in [3.8, 4) is 11.5 Å². The van der Waals surface area contributed by atoms with Gasteiger partial charge in [-0.15, -0.1) is 11.3 Å². The van der Waals surface area contributed by atoms with Crippen LogP contribution < -0.4 is 0 Å². The topological polar surface area (TPSA) is 70.6 Å². The second-order valence-corrected chi connectivity index (χ2v) is 7.59. The van der Waals surface area contributed by atoms with Crippen molar-refractivity contribution in [2.45, 2.75) is 39.2 Å². The Balaban J connectivity index is 1.41. The first-order valence-electron chi connectivity index (χ1n) is 8.64. The lowest BCUT2D eigenvalue weighted by Crippen LogP contribution is -2.32. The summed E-state index contributed by atoms with van der Waals surface area (Å²) >= 11 is 1.76. The highest BCUT2D eigenvalue weighted by molar-refractivity contribution is 7.09. The molecule has 0 amide bonds. The average Bonchev–Trinajstić information content (AvgIpc) is 3.25. The third-order valence-corrected chi connectivity index (χ3v) is 5.74. The fraction of sp³-hybridized carbons (Fsp3) is 0.444. The number of aryl methyl sites for hydroxylation is 2. The van der Waals surface area contributed by atoms with E-state index in [1.165, 1.54) is 10.6 Å². The Bertz CT molecular complexity index is 847. The highest BCUT2D eigenvalue weighted by atomic mass is 32.1. The zero-order valence-electron chi connectivity index (χ0n) is 14.6. The third kappa shape index (κ3) is 3.62. The predicted octanol–water partition coefficient (Wildman–Crippen LogP) is 3.32. The van der Waals surface area contributed by atoms with Gasteiger partial charge in [-0.2, -0.15) is 0 Å². The summed E-state index contributed by atoms with van der Waals surface area (Å²) < 4.78 is 0. The molecule has 0 spiro atoms. The summed E-state index contributed by atoms with van der Waals surface area (Å²) in [4.78, 5) is 25.1. The molecule has 0 atom stereocenters. The number of H-pyrrole nitrogens is 1. The molecule has 1 fully saturated rings. The molecule has 25 heavy (non-hydrogen) atoms. The molecule has 6 nitrogen and oxygen atoms in total. The summed E-state index contributed by atoms with van der Waals surface area (Å²) in [6, 6.07) is 0. The molecule has 4 rings (SSSR count). The molecule has 0 bridgehead atoms. The Labute approximate surface area is 151 Å². The zero-order valence-corrected chi connectivity index (χ0v) is 15.4. The van der Waals surface area contributed by atoms with Gasteiger partial charge in [0.2, 0.25) is 0 Å². The molecule has 0 radical (unpaired) electrons. The molecule has 1 aliphatic rings. The fourth-order valence-corrected chi connectivity index (χ4v) is 4.12. The predicted molar refractivity (Wildman–Crippen MR) is 98.5 cm³/mol. The maximum atomic E-state index is 4.81. The van der Waals surface area contributed by atoms with E-state index >= 15 is 0 Å². The Morgan fingerprint density at radius 2 is 2.00 bits per heavy atom. The van der Waals surface area contributed by atoms with Crippen molar-refractivity contribution in [3.63, 3.8) is 0 Å². The maximum Gasteiger partial charge on any atom is 0.157 e. The molecular weight excluding hydrogens is 332 g/mol. The molecule has 130 valence electrons. The SMILES string of the molecule is Cc1cnc(-c2cncc(C3CCN(Cc4scnc4C)CC3)n2)[nH]1. The summed E-state index contributed by atoms with van der Waals surface area (Å²) in [5.41, 5.74) is 6.05. The van der Waals surface area contributed by atoms with Crippen LogP contribution in [0.15, 0.2) is 24.1 Å². The van der Waals surface area contributed by atoms with Gasteiger partial charge in [0.25, 0.3) is 0 Å². The van der Waals surface area contributed by atoms with Crippen molar-refractivity contribution in [1.29, 1.82) is 0 Å². The number of aromatic amines is 1. The van der Waals surface area contributed by atoms with Crippen molar-refractivity contribution in [2.75, 3.05) is 13.1 Å². The van der Waals surface area contributed by atoms with Crippen molar-refractivity contribution in [1.82, 2.24) is 29.8 Å². The van der Waals surface area contributed by atoms with Crippen molar-refractivity contribution < 1.29 is 0 Å². The Kier molecular flexibility index (Phi) is 4.59. The zero-order chi connectivity index (χ0) is 17.2. The van der Waals surface area contributed by atoms with Gasteiger partial charge in [0.1, 0.15) is 5.69 Å². The van der Waals surface area contributed by atoms with Gasteiger partial charge in [-0.1, -0.05) is 0 Å². The maximum absolute atomic E-state index is 4.81. The minimum atomic E-state index is 0.474. The second kappa shape index (κ2) is 7.01. The highest BCUT2D eigenvalue weighted by Gasteiger charge is 2.23. The van der Waals surface area contributed by atoms with Crippen LogP contribution in [0.5, 0.6) is 0 Å². The van der Waals surface area contributed by atoms with Gasteiger partial charge in [-0.3, -0.25) is 9.88 Å². The minimum Gasteiger partial charge on any atom is -0.341 e. The van der Waals surface area contributed by atoms with Crippen LogP contribution >= 0.6 is 11.3 Å². The standard InChI is InChI=1S/C18H22N6S/c1-12-7-20-18(22-12)16-9-19-8-15(23-16)14-3-5-24(6-4-14)10-17-13(2)21-11-25-17/h7-9,11,14H,3-6,10H2,1-2H3,(H,20,22). The van der Waals surface area contributed by atoms with Crippen LogP contribution in [0.2, 0.25) is 0 Å². The smallest absolute Gasteiger partial charge is 0.157 e. The van der Waals surface area contributed by atoms with E-state index in [0.29, 0.717) is 5.92 Å². The Morgan fingerprint density at radius 1 is 1.16 bits per heavy atom.